The Morgan fingerprint density at radius 1 is 1.14 bits per heavy atom. The van der Waals surface area contributed by atoms with Gasteiger partial charge in [0.1, 0.15) is 5.75 Å². The molecule has 0 spiro atoms. The van der Waals surface area contributed by atoms with Crippen molar-refractivity contribution < 1.29 is 9.53 Å². The van der Waals surface area contributed by atoms with E-state index in [-0.39, 0.29) is 11.5 Å². The molecule has 35 heavy (non-hydrogen) atoms. The van der Waals surface area contributed by atoms with Crippen LogP contribution >= 0.6 is 0 Å². The lowest BCUT2D eigenvalue weighted by Crippen LogP contribution is -2.43. The number of hydrogen-bond acceptors (Lipinski definition) is 5. The number of amides is 1. The molecule has 2 N–H and O–H groups in total. The minimum absolute atomic E-state index is 0.178. The number of methoxy groups -OCH3 is 1. The highest BCUT2D eigenvalue weighted by molar-refractivity contribution is 6.06. The molecule has 4 rings (SSSR count). The van der Waals surface area contributed by atoms with Gasteiger partial charge in [-0.25, -0.2) is 0 Å². The van der Waals surface area contributed by atoms with E-state index >= 15 is 0 Å². The van der Waals surface area contributed by atoms with Gasteiger partial charge in [0.15, 0.2) is 0 Å². The minimum Gasteiger partial charge on any atom is -0.497 e. The molecule has 1 aliphatic heterocycles. The minimum atomic E-state index is -0.268. The molecule has 2 aromatic carbocycles. The van der Waals surface area contributed by atoms with Crippen molar-refractivity contribution in [3.63, 3.8) is 0 Å². The van der Waals surface area contributed by atoms with Crippen LogP contribution < -0.4 is 20.9 Å². The summed E-state index contributed by atoms with van der Waals surface area (Å²) in [5.41, 5.74) is 3.34. The van der Waals surface area contributed by atoms with Crippen LogP contribution in [0.1, 0.15) is 34.3 Å². The van der Waals surface area contributed by atoms with Gasteiger partial charge in [0.2, 0.25) is 0 Å². The van der Waals surface area contributed by atoms with E-state index in [2.05, 4.69) is 46.4 Å². The first-order chi connectivity index (χ1) is 17.0. The Hall–Kier alpha value is -3.42. The lowest BCUT2D eigenvalue weighted by molar-refractivity contribution is 0.0964. The molecule has 7 nitrogen and oxygen atoms in total. The second-order valence-corrected chi connectivity index (χ2v) is 8.96. The van der Waals surface area contributed by atoms with E-state index in [0.717, 1.165) is 50.0 Å². The second-order valence-electron chi connectivity index (χ2n) is 8.96. The van der Waals surface area contributed by atoms with E-state index in [9.17, 15) is 9.59 Å². The lowest BCUT2D eigenvalue weighted by atomic mass is 10.0. The second kappa shape index (κ2) is 11.3. The third-order valence-corrected chi connectivity index (χ3v) is 6.80. The molecule has 1 fully saturated rings. The number of ether oxygens (including phenoxy) is 1. The fourth-order valence-corrected chi connectivity index (χ4v) is 4.73. The highest BCUT2D eigenvalue weighted by atomic mass is 16.5. The Kier molecular flexibility index (Phi) is 8.00. The van der Waals surface area contributed by atoms with Crippen LogP contribution in [-0.2, 0) is 13.1 Å². The van der Waals surface area contributed by atoms with E-state index in [1.165, 1.54) is 11.6 Å². The molecule has 0 saturated carbocycles. The predicted octanol–water partition coefficient (Wildman–Crippen LogP) is 3.27. The molecule has 0 bridgehead atoms. The molecule has 1 aromatic heterocycles. The van der Waals surface area contributed by atoms with Crippen molar-refractivity contribution in [1.29, 1.82) is 0 Å². The van der Waals surface area contributed by atoms with E-state index in [1.807, 2.05) is 24.3 Å². The van der Waals surface area contributed by atoms with Gasteiger partial charge in [-0.2, -0.15) is 0 Å². The standard InChI is InChI=1S/C28H34N4O3/c1-4-20-6-5-7-21(16-20)19-30-22-10-12-31(13-11-22)14-15-32-26-17-23(35-3)8-9-24(26)25(18-27(32)33)28(34)29-2/h4-9,16-18,22,30H,1,10-15,19H2,2-3H3,(H,29,34). The number of aromatic nitrogens is 1. The fourth-order valence-electron chi connectivity index (χ4n) is 4.73. The van der Waals surface area contributed by atoms with Crippen molar-refractivity contribution in [3.05, 3.63) is 82.2 Å². The fraction of sp³-hybridized carbons (Fsp3) is 0.357. The number of carbonyl (C=O) groups is 1. The zero-order valence-corrected chi connectivity index (χ0v) is 20.5. The third kappa shape index (κ3) is 5.81. The number of likely N-dealkylation sites (tertiary alicyclic amines) is 1. The Balaban J connectivity index is 1.39. The van der Waals surface area contributed by atoms with Gasteiger partial charge in [-0.15, -0.1) is 0 Å². The number of rotatable bonds is 9. The van der Waals surface area contributed by atoms with Crippen molar-refractivity contribution in [2.45, 2.75) is 32.0 Å². The summed E-state index contributed by atoms with van der Waals surface area (Å²) < 4.78 is 7.13. The van der Waals surface area contributed by atoms with Gasteiger partial charge >= 0.3 is 0 Å². The first-order valence-electron chi connectivity index (χ1n) is 12.1. The number of nitrogens with zero attached hydrogens (tertiary/aromatic N) is 2. The van der Waals surface area contributed by atoms with E-state index in [4.69, 9.17) is 4.74 Å². The number of pyridine rings is 1. The number of carbonyl (C=O) groups excluding carboxylic acids is 1. The molecule has 1 amide bonds. The molecule has 0 unspecified atom stereocenters. The highest BCUT2D eigenvalue weighted by Crippen LogP contribution is 2.23. The number of benzene rings is 2. The maximum absolute atomic E-state index is 13.0. The Morgan fingerprint density at radius 2 is 1.94 bits per heavy atom. The van der Waals surface area contributed by atoms with Crippen molar-refractivity contribution >= 4 is 22.9 Å². The molecule has 0 atom stereocenters. The van der Waals surface area contributed by atoms with E-state index < -0.39 is 0 Å². The molecule has 0 aliphatic carbocycles. The Bertz CT molecular complexity index is 1260. The zero-order valence-electron chi connectivity index (χ0n) is 20.5. The molecular formula is C28H34N4O3. The van der Waals surface area contributed by atoms with Crippen molar-refractivity contribution in [2.75, 3.05) is 33.8 Å². The largest absolute Gasteiger partial charge is 0.497 e. The first-order valence-corrected chi connectivity index (χ1v) is 12.1. The van der Waals surface area contributed by atoms with Crippen LogP contribution in [-0.4, -0.2) is 55.2 Å². The molecule has 1 saturated heterocycles. The van der Waals surface area contributed by atoms with Gasteiger partial charge in [0, 0.05) is 50.2 Å². The van der Waals surface area contributed by atoms with Gasteiger partial charge < -0.3 is 24.8 Å². The molecule has 0 radical (unpaired) electrons. The first kappa shape index (κ1) is 24.7. The molecule has 3 aromatic rings. The highest BCUT2D eigenvalue weighted by Gasteiger charge is 2.20. The number of piperidine rings is 1. The summed E-state index contributed by atoms with van der Waals surface area (Å²) in [6.45, 7) is 8.00. The molecule has 184 valence electrons. The average molecular weight is 475 g/mol. The summed E-state index contributed by atoms with van der Waals surface area (Å²) in [6.07, 6.45) is 4.01. The maximum Gasteiger partial charge on any atom is 0.251 e. The molecular weight excluding hydrogens is 440 g/mol. The van der Waals surface area contributed by atoms with E-state index in [1.54, 1.807) is 18.7 Å². The quantitative estimate of drug-likeness (QED) is 0.498. The Morgan fingerprint density at radius 3 is 2.66 bits per heavy atom. The van der Waals surface area contributed by atoms with Crippen molar-refractivity contribution in [2.24, 2.45) is 0 Å². The van der Waals surface area contributed by atoms with Crippen LogP contribution in [0.3, 0.4) is 0 Å². The van der Waals surface area contributed by atoms with E-state index in [0.29, 0.717) is 29.4 Å². The lowest BCUT2D eigenvalue weighted by Gasteiger charge is -2.32. The zero-order chi connectivity index (χ0) is 24.8. The summed E-state index contributed by atoms with van der Waals surface area (Å²) in [5, 5.41) is 7.05. The van der Waals surface area contributed by atoms with Crippen LogP contribution in [0.15, 0.2) is 59.9 Å². The van der Waals surface area contributed by atoms with Gasteiger partial charge in [0.05, 0.1) is 18.2 Å². The van der Waals surface area contributed by atoms with Gasteiger partial charge in [0.25, 0.3) is 11.5 Å². The van der Waals surface area contributed by atoms with Gasteiger partial charge in [-0.1, -0.05) is 36.9 Å². The summed E-state index contributed by atoms with van der Waals surface area (Å²) in [7, 11) is 3.17. The SMILES string of the molecule is C=Cc1cccc(CNC2CCN(CCn3c(=O)cc(C(=O)NC)c4ccc(OC)cc43)CC2)c1. The normalized spacial score (nSPS) is 14.7. The van der Waals surface area contributed by atoms with Crippen LogP contribution in [0, 0.1) is 0 Å². The summed E-state index contributed by atoms with van der Waals surface area (Å²) in [5.74, 6) is 0.389. The maximum atomic E-state index is 13.0. The smallest absolute Gasteiger partial charge is 0.251 e. The van der Waals surface area contributed by atoms with Gasteiger partial charge in [-0.3, -0.25) is 9.59 Å². The van der Waals surface area contributed by atoms with Crippen LogP contribution in [0.25, 0.3) is 17.0 Å². The van der Waals surface area contributed by atoms with Crippen molar-refractivity contribution in [1.82, 2.24) is 20.1 Å². The number of hydrogen-bond donors (Lipinski definition) is 2. The summed E-state index contributed by atoms with van der Waals surface area (Å²) in [6, 6.07) is 15.9. The number of fused-ring (bicyclic) bond motifs is 1. The molecule has 2 heterocycles. The van der Waals surface area contributed by atoms with Crippen LogP contribution in [0.2, 0.25) is 0 Å². The monoisotopic (exact) mass is 474 g/mol. The summed E-state index contributed by atoms with van der Waals surface area (Å²) in [4.78, 5) is 27.7. The average Bonchev–Trinajstić information content (AvgIpc) is 2.91. The predicted molar refractivity (Wildman–Crippen MR) is 141 cm³/mol. The third-order valence-electron chi connectivity index (χ3n) is 6.80. The Labute approximate surface area is 206 Å². The summed E-state index contributed by atoms with van der Waals surface area (Å²) >= 11 is 0. The topological polar surface area (TPSA) is 75.6 Å². The van der Waals surface area contributed by atoms with Crippen molar-refractivity contribution in [3.8, 4) is 5.75 Å². The molecule has 1 aliphatic rings. The molecule has 7 heteroatoms. The number of nitrogens with one attached hydrogen (secondary N) is 2. The van der Waals surface area contributed by atoms with Gasteiger partial charge in [-0.05, 0) is 49.2 Å². The van der Waals surface area contributed by atoms with Crippen LogP contribution in [0.5, 0.6) is 5.75 Å². The van der Waals surface area contributed by atoms with Crippen LogP contribution in [0.4, 0.5) is 0 Å².